The number of carboxylic acids is 1. The number of benzene rings is 2. The molecule has 0 atom stereocenters. The third-order valence-electron chi connectivity index (χ3n) is 5.50. The standard InChI is InChI=1S/C22H20FN5O4/c23-13-3-5-14(6-4-13)24-22-28-27-20(32-22)19-25-17-10-9-16(11-18(17)26-19)31-15-7-1-12(2-8-15)21(29)30/h3-6,9-12,15H,1-2,7-8H2,(H,24,28)(H,25,26)(H,29,30). The molecule has 2 aromatic heterocycles. The number of H-pyrrole nitrogens is 1. The minimum absolute atomic E-state index is 0.00137. The number of imidazole rings is 1. The Kier molecular flexibility index (Phi) is 5.18. The van der Waals surface area contributed by atoms with E-state index >= 15 is 0 Å². The summed E-state index contributed by atoms with van der Waals surface area (Å²) in [6.45, 7) is 0. The highest BCUT2D eigenvalue weighted by Crippen LogP contribution is 2.30. The summed E-state index contributed by atoms with van der Waals surface area (Å²) in [7, 11) is 0. The molecular formula is C22H20FN5O4. The molecule has 10 heteroatoms. The van der Waals surface area contributed by atoms with E-state index in [0.717, 1.165) is 18.4 Å². The highest BCUT2D eigenvalue weighted by Gasteiger charge is 2.27. The maximum atomic E-state index is 13.0. The second-order valence-corrected chi connectivity index (χ2v) is 7.74. The number of aromatic amines is 1. The highest BCUT2D eigenvalue weighted by molar-refractivity contribution is 5.79. The molecule has 4 aromatic rings. The lowest BCUT2D eigenvalue weighted by Crippen LogP contribution is -2.27. The molecule has 1 aliphatic carbocycles. The molecule has 0 radical (unpaired) electrons. The van der Waals surface area contributed by atoms with E-state index in [-0.39, 0.29) is 29.7 Å². The molecule has 0 aliphatic heterocycles. The summed E-state index contributed by atoms with van der Waals surface area (Å²) in [4.78, 5) is 18.7. The Morgan fingerprint density at radius 3 is 2.66 bits per heavy atom. The summed E-state index contributed by atoms with van der Waals surface area (Å²) in [5.74, 6) is -0.0219. The Hall–Kier alpha value is -3.95. The number of aromatic nitrogens is 4. The van der Waals surface area contributed by atoms with Gasteiger partial charge in [-0.25, -0.2) is 9.37 Å². The van der Waals surface area contributed by atoms with E-state index in [0.29, 0.717) is 35.6 Å². The molecule has 0 spiro atoms. The summed E-state index contributed by atoms with van der Waals surface area (Å²) in [6.07, 6.45) is 2.69. The van der Waals surface area contributed by atoms with E-state index in [9.17, 15) is 9.18 Å². The van der Waals surface area contributed by atoms with Crippen LogP contribution in [-0.4, -0.2) is 37.3 Å². The summed E-state index contributed by atoms with van der Waals surface area (Å²) in [6, 6.07) is 11.5. The van der Waals surface area contributed by atoms with Crippen molar-refractivity contribution in [2.45, 2.75) is 31.8 Å². The maximum absolute atomic E-state index is 13.0. The van der Waals surface area contributed by atoms with Crippen molar-refractivity contribution in [2.24, 2.45) is 5.92 Å². The number of nitrogens with one attached hydrogen (secondary N) is 2. The average Bonchev–Trinajstić information content (AvgIpc) is 3.42. The fourth-order valence-electron chi connectivity index (χ4n) is 3.81. The molecule has 0 amide bonds. The van der Waals surface area contributed by atoms with Crippen molar-refractivity contribution in [2.75, 3.05) is 5.32 Å². The smallest absolute Gasteiger partial charge is 0.320 e. The van der Waals surface area contributed by atoms with Gasteiger partial charge in [-0.1, -0.05) is 5.10 Å². The van der Waals surface area contributed by atoms with Gasteiger partial charge in [0.25, 0.3) is 5.89 Å². The number of hydrogen-bond donors (Lipinski definition) is 3. The number of hydrogen-bond acceptors (Lipinski definition) is 7. The van der Waals surface area contributed by atoms with Crippen LogP contribution in [0.2, 0.25) is 0 Å². The van der Waals surface area contributed by atoms with Crippen LogP contribution in [0.3, 0.4) is 0 Å². The molecule has 0 unspecified atom stereocenters. The zero-order valence-electron chi connectivity index (χ0n) is 16.9. The van der Waals surface area contributed by atoms with Crippen LogP contribution in [0.4, 0.5) is 16.1 Å². The SMILES string of the molecule is O=C(O)C1CCC(Oc2ccc3nc(-c4nnc(Nc5ccc(F)cc5)o4)[nH]c3c2)CC1. The van der Waals surface area contributed by atoms with Gasteiger partial charge >= 0.3 is 12.0 Å². The topological polar surface area (TPSA) is 126 Å². The van der Waals surface area contributed by atoms with Gasteiger partial charge in [-0.3, -0.25) is 4.79 Å². The fourth-order valence-corrected chi connectivity index (χ4v) is 3.81. The van der Waals surface area contributed by atoms with Gasteiger partial charge in [0.15, 0.2) is 5.82 Å². The molecule has 2 heterocycles. The van der Waals surface area contributed by atoms with Gasteiger partial charge in [-0.05, 0) is 62.1 Å². The number of carbonyl (C=O) groups is 1. The predicted octanol–water partition coefficient (Wildman–Crippen LogP) is 4.52. The summed E-state index contributed by atoms with van der Waals surface area (Å²) >= 11 is 0. The van der Waals surface area contributed by atoms with Crippen molar-refractivity contribution in [3.05, 3.63) is 48.3 Å². The van der Waals surface area contributed by atoms with Crippen LogP contribution >= 0.6 is 0 Å². The van der Waals surface area contributed by atoms with E-state index in [2.05, 4.69) is 25.5 Å². The quantitative estimate of drug-likeness (QED) is 0.402. The Morgan fingerprint density at radius 2 is 1.91 bits per heavy atom. The van der Waals surface area contributed by atoms with Crippen LogP contribution in [0.5, 0.6) is 5.75 Å². The Labute approximate surface area is 181 Å². The molecule has 9 nitrogen and oxygen atoms in total. The fraction of sp³-hybridized carbons (Fsp3) is 0.273. The van der Waals surface area contributed by atoms with Crippen LogP contribution < -0.4 is 10.1 Å². The van der Waals surface area contributed by atoms with Crippen molar-refractivity contribution < 1.29 is 23.4 Å². The number of nitrogens with zero attached hydrogens (tertiary/aromatic N) is 3. The third-order valence-corrected chi connectivity index (χ3v) is 5.50. The molecular weight excluding hydrogens is 417 g/mol. The van der Waals surface area contributed by atoms with E-state index < -0.39 is 5.97 Å². The molecule has 164 valence electrons. The zero-order valence-corrected chi connectivity index (χ0v) is 16.9. The van der Waals surface area contributed by atoms with Crippen molar-refractivity contribution >= 4 is 28.7 Å². The second kappa shape index (κ2) is 8.29. The van der Waals surface area contributed by atoms with Gasteiger partial charge in [0.05, 0.1) is 23.1 Å². The first-order valence-electron chi connectivity index (χ1n) is 10.3. The Balaban J connectivity index is 1.28. The van der Waals surface area contributed by atoms with Crippen LogP contribution in [0, 0.1) is 11.7 Å². The number of ether oxygens (including phenoxy) is 1. The molecule has 0 bridgehead atoms. The van der Waals surface area contributed by atoms with E-state index in [1.165, 1.54) is 12.1 Å². The first kappa shape index (κ1) is 20.0. The number of aliphatic carboxylic acids is 1. The van der Waals surface area contributed by atoms with E-state index in [4.69, 9.17) is 14.3 Å². The largest absolute Gasteiger partial charge is 0.490 e. The zero-order chi connectivity index (χ0) is 22.1. The number of halogens is 1. The summed E-state index contributed by atoms with van der Waals surface area (Å²) < 4.78 is 24.7. The minimum atomic E-state index is -0.730. The molecule has 1 saturated carbocycles. The highest BCUT2D eigenvalue weighted by atomic mass is 19.1. The monoisotopic (exact) mass is 437 g/mol. The van der Waals surface area contributed by atoms with Crippen LogP contribution in [0.25, 0.3) is 22.7 Å². The number of carboxylic acid groups (broad SMARTS) is 1. The normalized spacial score (nSPS) is 18.5. The molecule has 3 N–H and O–H groups in total. The van der Waals surface area contributed by atoms with Gasteiger partial charge in [0.1, 0.15) is 11.6 Å². The van der Waals surface area contributed by atoms with Gasteiger partial charge in [0, 0.05) is 11.8 Å². The second-order valence-electron chi connectivity index (χ2n) is 7.74. The lowest BCUT2D eigenvalue weighted by atomic mass is 9.87. The van der Waals surface area contributed by atoms with Crippen LogP contribution in [0.15, 0.2) is 46.9 Å². The molecule has 5 rings (SSSR count). The van der Waals surface area contributed by atoms with Crippen LogP contribution in [0.1, 0.15) is 25.7 Å². The molecule has 1 aliphatic rings. The van der Waals surface area contributed by atoms with Crippen molar-refractivity contribution in [1.82, 2.24) is 20.2 Å². The van der Waals surface area contributed by atoms with E-state index in [1.807, 2.05) is 18.2 Å². The van der Waals surface area contributed by atoms with Gasteiger partial charge in [-0.15, -0.1) is 5.10 Å². The third kappa shape index (κ3) is 4.25. The first-order valence-corrected chi connectivity index (χ1v) is 10.3. The van der Waals surface area contributed by atoms with Gasteiger partial charge < -0.3 is 24.6 Å². The minimum Gasteiger partial charge on any atom is -0.490 e. The summed E-state index contributed by atoms with van der Waals surface area (Å²) in [5.41, 5.74) is 2.08. The number of rotatable bonds is 6. The summed E-state index contributed by atoms with van der Waals surface area (Å²) in [5, 5.41) is 20.0. The van der Waals surface area contributed by atoms with Gasteiger partial charge in [-0.2, -0.15) is 0 Å². The average molecular weight is 437 g/mol. The van der Waals surface area contributed by atoms with Crippen molar-refractivity contribution in [3.63, 3.8) is 0 Å². The molecule has 0 saturated heterocycles. The molecule has 1 fully saturated rings. The predicted molar refractivity (Wildman–Crippen MR) is 113 cm³/mol. The molecule has 2 aromatic carbocycles. The number of fused-ring (bicyclic) bond motifs is 1. The van der Waals surface area contributed by atoms with Crippen molar-refractivity contribution in [1.29, 1.82) is 0 Å². The maximum Gasteiger partial charge on any atom is 0.320 e. The Morgan fingerprint density at radius 1 is 1.12 bits per heavy atom. The lowest BCUT2D eigenvalue weighted by molar-refractivity contribution is -0.143. The number of anilines is 2. The Bertz CT molecular complexity index is 1240. The van der Waals surface area contributed by atoms with Crippen LogP contribution in [-0.2, 0) is 4.79 Å². The molecule has 32 heavy (non-hydrogen) atoms. The van der Waals surface area contributed by atoms with Crippen molar-refractivity contribution in [3.8, 4) is 17.5 Å². The lowest BCUT2D eigenvalue weighted by Gasteiger charge is -2.26. The first-order chi connectivity index (χ1) is 15.5. The van der Waals surface area contributed by atoms with Gasteiger partial charge in [0.2, 0.25) is 0 Å². The van der Waals surface area contributed by atoms with E-state index in [1.54, 1.807) is 12.1 Å².